The molecule has 2 heterocycles. The summed E-state index contributed by atoms with van der Waals surface area (Å²) in [5.74, 6) is 0. The van der Waals surface area contributed by atoms with Gasteiger partial charge in [0.15, 0.2) is 0 Å². The first kappa shape index (κ1) is 21.9. The van der Waals surface area contributed by atoms with Crippen LogP contribution in [0, 0.1) is 6.92 Å². The van der Waals surface area contributed by atoms with E-state index in [9.17, 15) is 16.8 Å². The number of nitrogens with one attached hydrogen (secondary N) is 1. The fraction of sp³-hybridized carbons (Fsp3) is 0.250. The second-order valence-corrected chi connectivity index (χ2v) is 11.6. The zero-order chi connectivity index (χ0) is 22.1. The molecule has 1 fully saturated rings. The molecular weight excluding hydrogens is 458 g/mol. The minimum atomic E-state index is -3.87. The first-order valence-corrected chi connectivity index (χ1v) is 13.3. The molecule has 0 saturated carbocycles. The average Bonchev–Trinajstić information content (AvgIpc) is 3.21. The van der Waals surface area contributed by atoms with Gasteiger partial charge in [0.2, 0.25) is 10.0 Å². The molecule has 31 heavy (non-hydrogen) atoms. The number of hydrogen-bond donors (Lipinski definition) is 1. The second kappa shape index (κ2) is 8.67. The van der Waals surface area contributed by atoms with Gasteiger partial charge in [0.25, 0.3) is 10.0 Å². The largest absolute Gasteiger partial charge is 0.379 e. The number of hydrogen-bond acceptors (Lipinski definition) is 7. The molecule has 4 rings (SSSR count). The van der Waals surface area contributed by atoms with Crippen LogP contribution in [0.5, 0.6) is 0 Å². The molecule has 1 saturated heterocycles. The molecule has 0 amide bonds. The molecule has 1 aliphatic rings. The van der Waals surface area contributed by atoms with Crippen molar-refractivity contribution < 1.29 is 21.6 Å². The van der Waals surface area contributed by atoms with Gasteiger partial charge in [0.05, 0.1) is 33.7 Å². The standard InChI is InChI=1S/C20H21N3O5S3/c1-15-21-20(14-29-15)16-2-4-17(5-3-16)22-30(24,25)18-6-8-19(9-7-18)31(26,27)23-10-12-28-13-11-23/h2-9,14,22H,10-13H2,1H3. The quantitative estimate of drug-likeness (QED) is 0.583. The Labute approximate surface area is 185 Å². The third kappa shape index (κ3) is 4.80. The highest BCUT2D eigenvalue weighted by Crippen LogP contribution is 2.25. The summed E-state index contributed by atoms with van der Waals surface area (Å²) < 4.78 is 59.9. The van der Waals surface area contributed by atoms with Crippen LogP contribution >= 0.6 is 11.3 Å². The number of nitrogens with zero attached hydrogens (tertiary/aromatic N) is 2. The van der Waals surface area contributed by atoms with E-state index in [1.165, 1.54) is 28.6 Å². The van der Waals surface area contributed by atoms with Crippen molar-refractivity contribution in [1.29, 1.82) is 0 Å². The van der Waals surface area contributed by atoms with E-state index in [0.29, 0.717) is 18.9 Å². The van der Waals surface area contributed by atoms with Gasteiger partial charge in [0, 0.05) is 29.7 Å². The molecule has 1 N–H and O–H groups in total. The van der Waals surface area contributed by atoms with Crippen LogP contribution in [0.4, 0.5) is 5.69 Å². The Kier molecular flexibility index (Phi) is 6.13. The first-order chi connectivity index (χ1) is 14.8. The molecular formula is C20H21N3O5S3. The van der Waals surface area contributed by atoms with Crippen LogP contribution in [0.1, 0.15) is 5.01 Å². The molecule has 2 aromatic carbocycles. The molecule has 1 aromatic heterocycles. The summed E-state index contributed by atoms with van der Waals surface area (Å²) in [5.41, 5.74) is 2.14. The second-order valence-electron chi connectivity index (χ2n) is 6.92. The van der Waals surface area contributed by atoms with Crippen molar-refractivity contribution in [2.45, 2.75) is 16.7 Å². The lowest BCUT2D eigenvalue weighted by Gasteiger charge is -2.26. The number of ether oxygens (including phenoxy) is 1. The maximum absolute atomic E-state index is 12.7. The summed E-state index contributed by atoms with van der Waals surface area (Å²) in [7, 11) is -7.55. The minimum Gasteiger partial charge on any atom is -0.379 e. The number of morpholine rings is 1. The lowest BCUT2D eigenvalue weighted by molar-refractivity contribution is 0.0730. The number of benzene rings is 2. The highest BCUT2D eigenvalue weighted by atomic mass is 32.2. The molecule has 0 atom stereocenters. The van der Waals surface area contributed by atoms with Crippen LogP contribution in [-0.2, 0) is 24.8 Å². The SMILES string of the molecule is Cc1nc(-c2ccc(NS(=O)(=O)c3ccc(S(=O)(=O)N4CCOCC4)cc3)cc2)cs1. The van der Waals surface area contributed by atoms with E-state index in [4.69, 9.17) is 4.74 Å². The predicted octanol–water partition coefficient (Wildman–Crippen LogP) is 2.94. The molecule has 3 aromatic rings. The Hall–Kier alpha value is -2.31. The lowest BCUT2D eigenvalue weighted by atomic mass is 10.1. The lowest BCUT2D eigenvalue weighted by Crippen LogP contribution is -2.40. The Morgan fingerprint density at radius 1 is 0.935 bits per heavy atom. The topological polar surface area (TPSA) is 106 Å². The third-order valence-corrected chi connectivity index (χ3v) is 8.88. The van der Waals surface area contributed by atoms with Gasteiger partial charge in [-0.3, -0.25) is 4.72 Å². The normalized spacial score (nSPS) is 15.6. The molecule has 8 nitrogen and oxygen atoms in total. The van der Waals surface area contributed by atoms with Crippen molar-refractivity contribution in [2.75, 3.05) is 31.0 Å². The predicted molar refractivity (Wildman–Crippen MR) is 119 cm³/mol. The number of sulfonamides is 2. The Balaban J connectivity index is 1.50. The van der Waals surface area contributed by atoms with E-state index in [-0.39, 0.29) is 22.9 Å². The molecule has 0 bridgehead atoms. The van der Waals surface area contributed by atoms with E-state index in [1.807, 2.05) is 12.3 Å². The number of aromatic nitrogens is 1. The van der Waals surface area contributed by atoms with Crippen LogP contribution in [0.15, 0.2) is 63.7 Å². The maximum Gasteiger partial charge on any atom is 0.261 e. The minimum absolute atomic E-state index is 0.0207. The summed E-state index contributed by atoms with van der Waals surface area (Å²) >= 11 is 1.55. The molecule has 164 valence electrons. The van der Waals surface area contributed by atoms with Gasteiger partial charge in [-0.15, -0.1) is 11.3 Å². The zero-order valence-corrected chi connectivity index (χ0v) is 19.1. The Bertz CT molecular complexity index is 1260. The number of aryl methyl sites for hydroxylation is 1. The van der Waals surface area contributed by atoms with Crippen LogP contribution in [0.25, 0.3) is 11.3 Å². The smallest absolute Gasteiger partial charge is 0.261 e. The van der Waals surface area contributed by atoms with Crippen LogP contribution in [-0.4, -0.2) is 52.4 Å². The highest BCUT2D eigenvalue weighted by Gasteiger charge is 2.26. The zero-order valence-electron chi connectivity index (χ0n) is 16.7. The fourth-order valence-corrected chi connectivity index (χ4v) is 6.23. The van der Waals surface area contributed by atoms with Crippen molar-refractivity contribution in [2.24, 2.45) is 0 Å². The molecule has 11 heteroatoms. The van der Waals surface area contributed by atoms with Gasteiger partial charge in [-0.1, -0.05) is 12.1 Å². The maximum atomic E-state index is 12.7. The van der Waals surface area contributed by atoms with Gasteiger partial charge < -0.3 is 4.74 Å². The summed E-state index contributed by atoms with van der Waals surface area (Å²) in [4.78, 5) is 4.45. The van der Waals surface area contributed by atoms with Crippen molar-refractivity contribution in [3.05, 3.63) is 58.9 Å². The van der Waals surface area contributed by atoms with E-state index in [2.05, 4.69) is 9.71 Å². The average molecular weight is 480 g/mol. The molecule has 0 radical (unpaired) electrons. The van der Waals surface area contributed by atoms with Crippen molar-refractivity contribution >= 4 is 37.1 Å². The van der Waals surface area contributed by atoms with Gasteiger partial charge in [-0.2, -0.15) is 4.31 Å². The van der Waals surface area contributed by atoms with Crippen LogP contribution in [0.3, 0.4) is 0 Å². The van der Waals surface area contributed by atoms with E-state index in [1.54, 1.807) is 35.6 Å². The summed E-state index contributed by atoms with van der Waals surface area (Å²) in [6, 6.07) is 12.1. The monoisotopic (exact) mass is 479 g/mol. The first-order valence-electron chi connectivity index (χ1n) is 9.49. The van der Waals surface area contributed by atoms with Gasteiger partial charge in [-0.05, 0) is 43.3 Å². The summed E-state index contributed by atoms with van der Waals surface area (Å²) in [6.07, 6.45) is 0. The van der Waals surface area contributed by atoms with Crippen molar-refractivity contribution in [3.8, 4) is 11.3 Å². The third-order valence-electron chi connectivity index (χ3n) is 4.79. The molecule has 0 spiro atoms. The van der Waals surface area contributed by atoms with Gasteiger partial charge in [-0.25, -0.2) is 21.8 Å². The number of anilines is 1. The van der Waals surface area contributed by atoms with Crippen molar-refractivity contribution in [3.63, 3.8) is 0 Å². The summed E-state index contributed by atoms with van der Waals surface area (Å²) in [5, 5.41) is 2.90. The fourth-order valence-electron chi connectivity index (χ4n) is 3.15. The Morgan fingerprint density at radius 2 is 1.55 bits per heavy atom. The molecule has 1 aliphatic heterocycles. The van der Waals surface area contributed by atoms with E-state index >= 15 is 0 Å². The van der Waals surface area contributed by atoms with Gasteiger partial charge >= 0.3 is 0 Å². The van der Waals surface area contributed by atoms with Gasteiger partial charge in [0.1, 0.15) is 0 Å². The van der Waals surface area contributed by atoms with E-state index in [0.717, 1.165) is 16.3 Å². The number of rotatable bonds is 6. The van der Waals surface area contributed by atoms with Crippen LogP contribution in [0.2, 0.25) is 0 Å². The highest BCUT2D eigenvalue weighted by molar-refractivity contribution is 7.92. The summed E-state index contributed by atoms with van der Waals surface area (Å²) in [6.45, 7) is 3.17. The van der Waals surface area contributed by atoms with Crippen LogP contribution < -0.4 is 4.72 Å². The van der Waals surface area contributed by atoms with Crippen molar-refractivity contribution in [1.82, 2.24) is 9.29 Å². The Morgan fingerprint density at radius 3 is 2.13 bits per heavy atom. The number of thiazole rings is 1. The molecule has 0 aliphatic carbocycles. The van der Waals surface area contributed by atoms with E-state index < -0.39 is 20.0 Å². The molecule has 0 unspecified atom stereocenters.